The van der Waals surface area contributed by atoms with Crippen molar-refractivity contribution in [1.29, 1.82) is 0 Å². The lowest BCUT2D eigenvalue weighted by Crippen LogP contribution is -2.38. The predicted molar refractivity (Wildman–Crippen MR) is 35.3 cm³/mol. The van der Waals surface area contributed by atoms with E-state index in [-0.39, 0.29) is 11.9 Å². The van der Waals surface area contributed by atoms with Crippen LogP contribution in [0.1, 0.15) is 0 Å². The molecule has 0 aliphatic carbocycles. The highest BCUT2D eigenvalue weighted by molar-refractivity contribution is 6.00. The van der Waals surface area contributed by atoms with Crippen LogP contribution >= 0.6 is 0 Å². The summed E-state index contributed by atoms with van der Waals surface area (Å²) in [5, 5.41) is 2.50. The Morgan fingerprint density at radius 2 is 2.30 bits per heavy atom. The zero-order chi connectivity index (χ0) is 7.56. The van der Waals surface area contributed by atoms with E-state index in [0.717, 1.165) is 4.90 Å². The molecule has 0 radical (unpaired) electrons. The van der Waals surface area contributed by atoms with Crippen molar-refractivity contribution in [2.24, 2.45) is 0 Å². The third-order valence-electron chi connectivity index (χ3n) is 1.27. The maximum absolute atomic E-state index is 10.8. The summed E-state index contributed by atoms with van der Waals surface area (Å²) in [7, 11) is 1.44. The van der Waals surface area contributed by atoms with Crippen LogP contribution in [-0.4, -0.2) is 30.4 Å². The van der Waals surface area contributed by atoms with Gasteiger partial charge in [0.1, 0.15) is 0 Å². The second-order valence-corrected chi connectivity index (χ2v) is 1.99. The normalized spacial score (nSPS) is 18.7. The molecule has 54 valence electrons. The highest BCUT2D eigenvalue weighted by Crippen LogP contribution is 1.91. The highest BCUT2D eigenvalue weighted by Gasteiger charge is 2.14. The van der Waals surface area contributed by atoms with E-state index in [1.165, 1.54) is 13.1 Å². The molecule has 1 heterocycles. The Balaban J connectivity index is 2.76. The van der Waals surface area contributed by atoms with E-state index < -0.39 is 0 Å². The van der Waals surface area contributed by atoms with Crippen LogP contribution in [0, 0.1) is 0 Å². The first kappa shape index (κ1) is 6.80. The first-order valence-electron chi connectivity index (χ1n) is 2.94. The summed E-state index contributed by atoms with van der Waals surface area (Å²) in [5.74, 6) is -0.282. The fourth-order valence-corrected chi connectivity index (χ4v) is 0.636. The first-order chi connectivity index (χ1) is 4.72. The molecule has 1 rings (SSSR count). The van der Waals surface area contributed by atoms with Gasteiger partial charge in [0.25, 0.3) is 5.91 Å². The molecule has 4 heteroatoms. The van der Waals surface area contributed by atoms with Crippen molar-refractivity contribution in [3.63, 3.8) is 0 Å². The Labute approximate surface area is 58.5 Å². The molecule has 0 atom stereocenters. The number of likely N-dealkylation sites (N-methyl/N-ethyl adjacent to an activating group) is 1. The topological polar surface area (TPSA) is 49.4 Å². The highest BCUT2D eigenvalue weighted by atomic mass is 16.2. The fourth-order valence-electron chi connectivity index (χ4n) is 0.636. The molecule has 0 saturated heterocycles. The van der Waals surface area contributed by atoms with Crippen molar-refractivity contribution in [1.82, 2.24) is 10.2 Å². The summed E-state index contributed by atoms with van der Waals surface area (Å²) >= 11 is 0. The number of hydrogen-bond donors (Lipinski definition) is 1. The SMILES string of the molecule is CN1C(=O)C=CCNC1=O. The van der Waals surface area contributed by atoms with E-state index in [9.17, 15) is 9.59 Å². The summed E-state index contributed by atoms with van der Waals surface area (Å²) in [6.07, 6.45) is 2.99. The number of carbonyl (C=O) groups is 2. The molecule has 1 N–H and O–H groups in total. The zero-order valence-electron chi connectivity index (χ0n) is 5.63. The summed E-state index contributed by atoms with van der Waals surface area (Å²) in [5.41, 5.74) is 0. The molecule has 0 fully saturated rings. The van der Waals surface area contributed by atoms with E-state index in [1.54, 1.807) is 6.08 Å². The van der Waals surface area contributed by atoms with Crippen LogP contribution in [0.2, 0.25) is 0 Å². The molecule has 1 aliphatic heterocycles. The van der Waals surface area contributed by atoms with Gasteiger partial charge in [-0.3, -0.25) is 9.69 Å². The Morgan fingerprint density at radius 1 is 1.60 bits per heavy atom. The largest absolute Gasteiger partial charge is 0.334 e. The van der Waals surface area contributed by atoms with Gasteiger partial charge in [-0.2, -0.15) is 0 Å². The van der Waals surface area contributed by atoms with E-state index >= 15 is 0 Å². The maximum Gasteiger partial charge on any atom is 0.324 e. The first-order valence-corrected chi connectivity index (χ1v) is 2.94. The summed E-state index contributed by atoms with van der Waals surface area (Å²) in [6.45, 7) is 0.426. The van der Waals surface area contributed by atoms with Gasteiger partial charge in [0.2, 0.25) is 0 Å². The summed E-state index contributed by atoms with van der Waals surface area (Å²) in [4.78, 5) is 22.6. The summed E-state index contributed by atoms with van der Waals surface area (Å²) in [6, 6.07) is -0.352. The lowest BCUT2D eigenvalue weighted by Gasteiger charge is -2.09. The lowest BCUT2D eigenvalue weighted by molar-refractivity contribution is -0.122. The molecular formula is C6H8N2O2. The van der Waals surface area contributed by atoms with Crippen molar-refractivity contribution < 1.29 is 9.59 Å². The van der Waals surface area contributed by atoms with Gasteiger partial charge in [-0.1, -0.05) is 6.08 Å². The van der Waals surface area contributed by atoms with Gasteiger partial charge in [0.15, 0.2) is 0 Å². The number of hydrogen-bond acceptors (Lipinski definition) is 2. The van der Waals surface area contributed by atoms with E-state index in [1.807, 2.05) is 0 Å². The minimum Gasteiger partial charge on any atom is -0.334 e. The molecule has 4 nitrogen and oxygen atoms in total. The minimum absolute atomic E-state index is 0.282. The lowest BCUT2D eigenvalue weighted by atomic mass is 10.5. The van der Waals surface area contributed by atoms with Gasteiger partial charge in [0, 0.05) is 19.7 Å². The standard InChI is InChI=1S/C6H8N2O2/c1-8-5(9)3-2-4-7-6(8)10/h2-3H,4H2,1H3,(H,7,10). The number of urea groups is 1. The quantitative estimate of drug-likeness (QED) is 0.503. The maximum atomic E-state index is 10.8. The van der Waals surface area contributed by atoms with Crippen LogP contribution in [0.4, 0.5) is 4.79 Å². The smallest absolute Gasteiger partial charge is 0.324 e. The van der Waals surface area contributed by atoms with Crippen molar-refractivity contribution in [2.75, 3.05) is 13.6 Å². The van der Waals surface area contributed by atoms with E-state index in [2.05, 4.69) is 5.32 Å². The van der Waals surface area contributed by atoms with Crippen LogP contribution in [0.15, 0.2) is 12.2 Å². The van der Waals surface area contributed by atoms with E-state index in [4.69, 9.17) is 0 Å². The number of nitrogens with one attached hydrogen (secondary N) is 1. The molecule has 0 saturated carbocycles. The van der Waals surface area contributed by atoms with Gasteiger partial charge in [-0.15, -0.1) is 0 Å². The minimum atomic E-state index is -0.352. The summed E-state index contributed by atoms with van der Waals surface area (Å²) < 4.78 is 0. The van der Waals surface area contributed by atoms with E-state index in [0.29, 0.717) is 6.54 Å². The molecule has 0 unspecified atom stereocenters. The molecule has 0 bridgehead atoms. The number of nitrogens with zero attached hydrogens (tertiary/aromatic N) is 1. The third kappa shape index (κ3) is 1.15. The monoisotopic (exact) mass is 140 g/mol. The fraction of sp³-hybridized carbons (Fsp3) is 0.333. The van der Waals surface area contributed by atoms with Gasteiger partial charge >= 0.3 is 6.03 Å². The Morgan fingerprint density at radius 3 is 3.00 bits per heavy atom. The van der Waals surface area contributed by atoms with Crippen LogP contribution in [0.5, 0.6) is 0 Å². The molecule has 0 spiro atoms. The van der Waals surface area contributed by atoms with Gasteiger partial charge in [-0.05, 0) is 0 Å². The zero-order valence-corrected chi connectivity index (χ0v) is 5.63. The Bertz CT molecular complexity index is 198. The number of imide groups is 1. The van der Waals surface area contributed by atoms with Crippen LogP contribution < -0.4 is 5.32 Å². The second kappa shape index (κ2) is 2.51. The van der Waals surface area contributed by atoms with Crippen LogP contribution in [0.25, 0.3) is 0 Å². The molecule has 0 aromatic carbocycles. The molecule has 0 aromatic heterocycles. The van der Waals surface area contributed by atoms with Gasteiger partial charge in [-0.25, -0.2) is 4.79 Å². The molecule has 1 aliphatic rings. The molecular weight excluding hydrogens is 132 g/mol. The second-order valence-electron chi connectivity index (χ2n) is 1.99. The van der Waals surface area contributed by atoms with Crippen LogP contribution in [-0.2, 0) is 4.79 Å². The predicted octanol–water partition coefficient (Wildman–Crippen LogP) is -0.276. The van der Waals surface area contributed by atoms with Crippen molar-refractivity contribution in [3.8, 4) is 0 Å². The third-order valence-corrected chi connectivity index (χ3v) is 1.27. The van der Waals surface area contributed by atoms with Crippen molar-refractivity contribution >= 4 is 11.9 Å². The Hall–Kier alpha value is -1.32. The molecule has 0 aromatic rings. The number of carbonyl (C=O) groups excluding carboxylic acids is 2. The van der Waals surface area contributed by atoms with Gasteiger partial charge in [0.05, 0.1) is 0 Å². The number of rotatable bonds is 0. The average molecular weight is 140 g/mol. The number of amides is 3. The Kier molecular flexibility index (Phi) is 1.71. The van der Waals surface area contributed by atoms with Crippen LogP contribution in [0.3, 0.4) is 0 Å². The molecule has 10 heavy (non-hydrogen) atoms. The average Bonchev–Trinajstić information content (AvgIpc) is 2.04. The van der Waals surface area contributed by atoms with Gasteiger partial charge < -0.3 is 5.32 Å². The molecule has 3 amide bonds. The van der Waals surface area contributed by atoms with Crippen molar-refractivity contribution in [3.05, 3.63) is 12.2 Å². The van der Waals surface area contributed by atoms with Crippen molar-refractivity contribution in [2.45, 2.75) is 0 Å².